The van der Waals surface area contributed by atoms with Crippen LogP contribution in [0.25, 0.3) is 11.0 Å². The zero-order valence-corrected chi connectivity index (χ0v) is 16.6. The van der Waals surface area contributed by atoms with Gasteiger partial charge in [0.05, 0.1) is 9.82 Å². The molecule has 0 saturated carbocycles. The molecule has 0 saturated heterocycles. The Morgan fingerprint density at radius 3 is 2.48 bits per heavy atom. The monoisotopic (exact) mass is 418 g/mol. The summed E-state index contributed by atoms with van der Waals surface area (Å²) in [5, 5.41) is 12.1. The van der Waals surface area contributed by atoms with Crippen molar-refractivity contribution in [1.82, 2.24) is 4.72 Å². The van der Waals surface area contributed by atoms with Crippen LogP contribution in [0.5, 0.6) is 11.5 Å². The third-order valence-corrected chi connectivity index (χ3v) is 5.72. The van der Waals surface area contributed by atoms with E-state index in [9.17, 15) is 23.3 Å². The molecule has 10 heteroatoms. The average molecular weight is 418 g/mol. The van der Waals surface area contributed by atoms with Crippen molar-refractivity contribution in [3.8, 4) is 11.5 Å². The number of nitro groups is 1. The lowest BCUT2D eigenvalue weighted by Gasteiger charge is -2.11. The molecule has 0 aliphatic rings. The van der Waals surface area contributed by atoms with Crippen molar-refractivity contribution in [2.45, 2.75) is 24.7 Å². The third-order valence-electron chi connectivity index (χ3n) is 4.30. The van der Waals surface area contributed by atoms with Gasteiger partial charge in [-0.15, -0.1) is 0 Å². The largest absolute Gasteiger partial charge is 0.450 e. The lowest BCUT2D eigenvalue weighted by atomic mass is 10.00. The Bertz CT molecular complexity index is 1260. The number of hydrogen-bond acceptors (Lipinski definition) is 7. The maximum absolute atomic E-state index is 11.9. The first-order valence-corrected chi connectivity index (χ1v) is 10.1. The summed E-state index contributed by atoms with van der Waals surface area (Å²) in [6.45, 7) is 3.89. The molecule has 29 heavy (non-hydrogen) atoms. The molecule has 0 fully saturated rings. The van der Waals surface area contributed by atoms with Gasteiger partial charge in [-0.05, 0) is 42.8 Å². The van der Waals surface area contributed by atoms with Crippen molar-refractivity contribution in [2.24, 2.45) is 0 Å². The maximum atomic E-state index is 11.9. The van der Waals surface area contributed by atoms with Gasteiger partial charge < -0.3 is 9.15 Å². The summed E-state index contributed by atoms with van der Waals surface area (Å²) in [6, 6.07) is 9.51. The molecule has 1 aromatic heterocycles. The Morgan fingerprint density at radius 1 is 1.14 bits per heavy atom. The number of benzene rings is 2. The Balaban J connectivity index is 2.07. The number of hydrogen-bond donors (Lipinski definition) is 1. The molecule has 2 aromatic carbocycles. The van der Waals surface area contributed by atoms with Gasteiger partial charge in [-0.1, -0.05) is 13.8 Å². The van der Waals surface area contributed by atoms with E-state index >= 15 is 0 Å². The van der Waals surface area contributed by atoms with Crippen LogP contribution >= 0.6 is 0 Å². The highest BCUT2D eigenvalue weighted by molar-refractivity contribution is 7.89. The first-order valence-electron chi connectivity index (χ1n) is 8.60. The zero-order chi connectivity index (χ0) is 21.3. The van der Waals surface area contributed by atoms with E-state index < -0.39 is 26.3 Å². The summed E-state index contributed by atoms with van der Waals surface area (Å²) in [6.07, 6.45) is 0. The van der Waals surface area contributed by atoms with E-state index in [1.54, 1.807) is 12.1 Å². The van der Waals surface area contributed by atoms with Gasteiger partial charge in [-0.25, -0.2) is 17.9 Å². The molecular formula is C19H18N2O7S. The van der Waals surface area contributed by atoms with Crippen LogP contribution in [0, 0.1) is 10.1 Å². The van der Waals surface area contributed by atoms with Crippen LogP contribution < -0.4 is 15.1 Å². The highest BCUT2D eigenvalue weighted by Gasteiger charge is 2.22. The normalized spacial score (nSPS) is 11.7. The molecule has 152 valence electrons. The lowest BCUT2D eigenvalue weighted by molar-refractivity contribution is -0.385. The van der Waals surface area contributed by atoms with E-state index in [0.717, 1.165) is 17.0 Å². The van der Waals surface area contributed by atoms with E-state index in [2.05, 4.69) is 4.72 Å². The first-order chi connectivity index (χ1) is 13.6. The van der Waals surface area contributed by atoms with Crippen LogP contribution in [-0.4, -0.2) is 20.4 Å². The minimum Gasteiger partial charge on any atom is -0.450 e. The third kappa shape index (κ3) is 4.13. The molecule has 0 spiro atoms. The SMILES string of the molecule is CNS(=O)(=O)c1ccc(Oc2ccc3c(C(C)C)cc(=O)oc3c2)c([N+](=O)[O-])c1. The number of nitrogens with zero attached hydrogens (tertiary/aromatic N) is 1. The van der Waals surface area contributed by atoms with Gasteiger partial charge in [-0.2, -0.15) is 0 Å². The van der Waals surface area contributed by atoms with Crippen molar-refractivity contribution < 1.29 is 22.5 Å². The molecule has 0 aliphatic carbocycles. The van der Waals surface area contributed by atoms with E-state index in [4.69, 9.17) is 9.15 Å². The molecule has 1 heterocycles. The minimum atomic E-state index is -3.85. The predicted octanol–water partition coefficient (Wildman–Crippen LogP) is 3.53. The molecule has 1 N–H and O–H groups in total. The highest BCUT2D eigenvalue weighted by Crippen LogP contribution is 2.35. The molecule has 0 unspecified atom stereocenters. The average Bonchev–Trinajstić information content (AvgIpc) is 2.66. The maximum Gasteiger partial charge on any atom is 0.336 e. The van der Waals surface area contributed by atoms with Crippen molar-refractivity contribution in [3.05, 3.63) is 68.6 Å². The summed E-state index contributed by atoms with van der Waals surface area (Å²) in [4.78, 5) is 22.2. The molecule has 3 rings (SSSR count). The molecule has 0 aliphatic heterocycles. The second kappa shape index (κ2) is 7.64. The van der Waals surface area contributed by atoms with Crippen molar-refractivity contribution in [3.63, 3.8) is 0 Å². The molecule has 9 nitrogen and oxygen atoms in total. The Hall–Kier alpha value is -3.24. The van der Waals surface area contributed by atoms with Crippen LogP contribution in [0.1, 0.15) is 25.3 Å². The Labute approximate surface area is 166 Å². The predicted molar refractivity (Wildman–Crippen MR) is 106 cm³/mol. The van der Waals surface area contributed by atoms with Gasteiger partial charge in [0.15, 0.2) is 0 Å². The first kappa shape index (κ1) is 20.5. The van der Waals surface area contributed by atoms with Gasteiger partial charge in [0.1, 0.15) is 11.3 Å². The number of nitrogens with one attached hydrogen (secondary N) is 1. The molecule has 3 aromatic rings. The molecule has 0 amide bonds. The summed E-state index contributed by atoms with van der Waals surface area (Å²) in [5.74, 6) is 0.150. The summed E-state index contributed by atoms with van der Waals surface area (Å²) < 4.78 is 36.7. The van der Waals surface area contributed by atoms with E-state index in [-0.39, 0.29) is 27.9 Å². The van der Waals surface area contributed by atoms with Crippen molar-refractivity contribution in [1.29, 1.82) is 0 Å². The second-order valence-electron chi connectivity index (χ2n) is 6.53. The fourth-order valence-electron chi connectivity index (χ4n) is 2.85. The topological polar surface area (TPSA) is 129 Å². The van der Waals surface area contributed by atoms with Gasteiger partial charge in [0.25, 0.3) is 0 Å². The second-order valence-corrected chi connectivity index (χ2v) is 8.42. The quantitative estimate of drug-likeness (QED) is 0.368. The van der Waals surface area contributed by atoms with Crippen LogP contribution in [0.4, 0.5) is 5.69 Å². The van der Waals surface area contributed by atoms with Gasteiger partial charge in [-0.3, -0.25) is 10.1 Å². The lowest BCUT2D eigenvalue weighted by Crippen LogP contribution is -2.18. The van der Waals surface area contributed by atoms with Crippen molar-refractivity contribution >= 4 is 26.7 Å². The summed E-state index contributed by atoms with van der Waals surface area (Å²) in [7, 11) is -2.64. The number of fused-ring (bicyclic) bond motifs is 1. The number of sulfonamides is 1. The van der Waals surface area contributed by atoms with E-state index in [0.29, 0.717) is 0 Å². The van der Waals surface area contributed by atoms with Crippen LogP contribution in [-0.2, 0) is 10.0 Å². The smallest absolute Gasteiger partial charge is 0.336 e. The van der Waals surface area contributed by atoms with Crippen LogP contribution in [0.15, 0.2) is 56.6 Å². The van der Waals surface area contributed by atoms with E-state index in [1.807, 2.05) is 13.8 Å². The van der Waals surface area contributed by atoms with Crippen molar-refractivity contribution in [2.75, 3.05) is 7.05 Å². The van der Waals surface area contributed by atoms with Crippen LogP contribution in [0.3, 0.4) is 0 Å². The molecule has 0 bridgehead atoms. The Morgan fingerprint density at radius 2 is 1.86 bits per heavy atom. The number of rotatable bonds is 6. The zero-order valence-electron chi connectivity index (χ0n) is 15.8. The van der Waals surface area contributed by atoms with Gasteiger partial charge in [0, 0.05) is 23.6 Å². The Kier molecular flexibility index (Phi) is 5.40. The highest BCUT2D eigenvalue weighted by atomic mass is 32.2. The standard InChI is InChI=1S/C19H18N2O7S/c1-11(2)15-10-19(22)28-18-8-12(4-6-14(15)18)27-17-7-5-13(29(25,26)20-3)9-16(17)21(23)24/h4-11,20H,1-3H3. The number of nitro benzene ring substituents is 1. The molecular weight excluding hydrogens is 400 g/mol. The fraction of sp³-hybridized carbons (Fsp3) is 0.211. The fourth-order valence-corrected chi connectivity index (χ4v) is 3.60. The molecule has 0 atom stereocenters. The summed E-state index contributed by atoms with van der Waals surface area (Å²) >= 11 is 0. The van der Waals surface area contributed by atoms with Crippen LogP contribution in [0.2, 0.25) is 0 Å². The van der Waals surface area contributed by atoms with Gasteiger partial charge in [0.2, 0.25) is 15.8 Å². The number of ether oxygens (including phenoxy) is 1. The minimum absolute atomic E-state index is 0.0936. The molecule has 0 radical (unpaired) electrons. The van der Waals surface area contributed by atoms with E-state index in [1.165, 1.54) is 31.3 Å². The van der Waals surface area contributed by atoms with Gasteiger partial charge >= 0.3 is 11.3 Å². The summed E-state index contributed by atoms with van der Waals surface area (Å²) in [5.41, 5.74) is 0.0795.